The molecule has 3 unspecified atom stereocenters. The highest BCUT2D eigenvalue weighted by atomic mass is 16.3. The van der Waals surface area contributed by atoms with Crippen molar-refractivity contribution in [2.24, 2.45) is 23.5 Å². The second-order valence-electron chi connectivity index (χ2n) is 14.0. The fraction of sp³-hybridized carbons (Fsp3) is 0.606. The summed E-state index contributed by atoms with van der Waals surface area (Å²) in [4.78, 5) is 53.2. The molecule has 244 valence electrons. The Bertz CT molecular complexity index is 1350. The smallest absolute Gasteiger partial charge is 0.376 e. The number of primary amides is 2. The van der Waals surface area contributed by atoms with E-state index in [9.17, 15) is 29.4 Å². The first-order valence-electron chi connectivity index (χ1n) is 16.0. The molecule has 1 saturated carbocycles. The van der Waals surface area contributed by atoms with Gasteiger partial charge in [-0.1, -0.05) is 43.5 Å². The van der Waals surface area contributed by atoms with E-state index < -0.39 is 54.2 Å². The highest BCUT2D eigenvalue weighted by molar-refractivity contribution is 6.37. The molecule has 0 aromatic heterocycles. The molecular weight excluding hydrogens is 576 g/mol. The quantitative estimate of drug-likeness (QED) is 0.0843. The van der Waals surface area contributed by atoms with Crippen LogP contribution in [0.4, 0.5) is 4.79 Å². The fourth-order valence-electron chi connectivity index (χ4n) is 7.00. The van der Waals surface area contributed by atoms with E-state index in [1.165, 1.54) is 5.32 Å². The van der Waals surface area contributed by atoms with Crippen LogP contribution in [0.15, 0.2) is 41.6 Å². The first kappa shape index (κ1) is 33.0. The monoisotopic (exact) mass is 623 g/mol. The van der Waals surface area contributed by atoms with Gasteiger partial charge in [0.25, 0.3) is 5.91 Å². The number of aliphatic hydroxyl groups excluding tert-OH is 2. The number of amides is 4. The SMILES string of the molecule is CC(C)(C)NC(O)C[NH2+]C(=O)N[C@@H](C1Cc2ccccc2C1)C(O)N1C[C@@H]2C=C=C2[C@H]1C(=O)NC(CC1CCC1)C(=O)C(N)=O. The number of nitrogens with zero attached hydrogens (tertiary/aromatic N) is 1. The van der Waals surface area contributed by atoms with Gasteiger partial charge in [-0.2, -0.15) is 0 Å². The normalized spacial score (nSPS) is 23.9. The number of Topliss-reactive ketones (excluding diaryl/α,β-unsaturated/α-hetero) is 1. The topological polar surface area (TPSA) is 191 Å². The third kappa shape index (κ3) is 7.71. The van der Waals surface area contributed by atoms with Crippen LogP contribution in [0, 0.1) is 17.8 Å². The van der Waals surface area contributed by atoms with Crippen molar-refractivity contribution >= 4 is 23.6 Å². The summed E-state index contributed by atoms with van der Waals surface area (Å²) in [6.07, 6.45) is 4.18. The zero-order chi connectivity index (χ0) is 32.5. The van der Waals surface area contributed by atoms with Crippen LogP contribution in [0.1, 0.15) is 57.6 Å². The third-order valence-electron chi connectivity index (χ3n) is 9.49. The predicted molar refractivity (Wildman–Crippen MR) is 165 cm³/mol. The van der Waals surface area contributed by atoms with E-state index in [0.717, 1.165) is 30.4 Å². The van der Waals surface area contributed by atoms with E-state index in [0.29, 0.717) is 31.4 Å². The van der Waals surface area contributed by atoms with Gasteiger partial charge in [-0.3, -0.25) is 35.2 Å². The molecule has 3 aliphatic carbocycles. The summed E-state index contributed by atoms with van der Waals surface area (Å²) in [7, 11) is 0. The lowest BCUT2D eigenvalue weighted by atomic mass is 9.80. The number of nitrogens with two attached hydrogens (primary N) is 2. The molecular formula is C33H47N6O6+. The van der Waals surface area contributed by atoms with E-state index in [1.807, 2.05) is 51.1 Å². The molecule has 1 saturated heterocycles. The van der Waals surface area contributed by atoms with Crippen molar-refractivity contribution in [2.45, 2.75) is 95.4 Å². The molecule has 12 nitrogen and oxygen atoms in total. The maximum absolute atomic E-state index is 13.8. The van der Waals surface area contributed by atoms with Crippen LogP contribution >= 0.6 is 0 Å². The Morgan fingerprint density at radius 3 is 2.29 bits per heavy atom. The van der Waals surface area contributed by atoms with Crippen molar-refractivity contribution in [1.29, 1.82) is 0 Å². The first-order valence-corrected chi connectivity index (χ1v) is 16.0. The second-order valence-corrected chi connectivity index (χ2v) is 14.0. The molecule has 6 atom stereocenters. The van der Waals surface area contributed by atoms with Crippen molar-refractivity contribution in [3.63, 3.8) is 0 Å². The second kappa shape index (κ2) is 13.5. The molecule has 0 bridgehead atoms. The minimum Gasteiger partial charge on any atom is -0.376 e. The number of likely N-dealkylation sites (tertiary alicyclic amines) is 1. The van der Waals surface area contributed by atoms with Crippen LogP contribution in [0.5, 0.6) is 0 Å². The molecule has 1 aliphatic heterocycles. The molecule has 5 rings (SSSR count). The summed E-state index contributed by atoms with van der Waals surface area (Å²) in [6, 6.07) is 4.87. The van der Waals surface area contributed by atoms with Gasteiger partial charge in [-0.15, -0.1) is 5.73 Å². The van der Waals surface area contributed by atoms with Gasteiger partial charge >= 0.3 is 6.03 Å². The number of hydrogen-bond donors (Lipinski definition) is 7. The van der Waals surface area contributed by atoms with E-state index in [-0.39, 0.29) is 29.8 Å². The Labute approximate surface area is 263 Å². The maximum Gasteiger partial charge on any atom is 0.413 e. The van der Waals surface area contributed by atoms with E-state index in [4.69, 9.17) is 5.73 Å². The van der Waals surface area contributed by atoms with Gasteiger partial charge in [0.1, 0.15) is 18.8 Å². The average Bonchev–Trinajstić information content (AvgIpc) is 3.48. The molecule has 1 heterocycles. The molecule has 1 aromatic carbocycles. The zero-order valence-corrected chi connectivity index (χ0v) is 26.3. The molecule has 4 amide bonds. The van der Waals surface area contributed by atoms with Crippen molar-refractivity contribution in [2.75, 3.05) is 13.1 Å². The Balaban J connectivity index is 1.34. The third-order valence-corrected chi connectivity index (χ3v) is 9.49. The number of quaternary nitrogens is 1. The number of carbonyl (C=O) groups is 4. The van der Waals surface area contributed by atoms with Gasteiger partial charge in [-0.05, 0) is 69.1 Å². The highest BCUT2D eigenvalue weighted by Gasteiger charge is 2.50. The van der Waals surface area contributed by atoms with E-state index in [2.05, 4.69) is 21.7 Å². The van der Waals surface area contributed by atoms with Crippen LogP contribution in [0.25, 0.3) is 0 Å². The van der Waals surface area contributed by atoms with Crippen LogP contribution in [-0.2, 0) is 27.2 Å². The Morgan fingerprint density at radius 1 is 1.09 bits per heavy atom. The average molecular weight is 624 g/mol. The highest BCUT2D eigenvalue weighted by Crippen LogP contribution is 2.38. The summed E-state index contributed by atoms with van der Waals surface area (Å²) in [5.74, 6) is -2.45. The minimum absolute atomic E-state index is 0.0701. The Hall–Kier alpha value is -3.38. The number of hydrogen-bond acceptors (Lipinski definition) is 8. The summed E-state index contributed by atoms with van der Waals surface area (Å²) in [5.41, 5.74) is 11.1. The number of rotatable bonds is 13. The predicted octanol–water partition coefficient (Wildman–Crippen LogP) is -0.807. The standard InChI is InChI=1S/C33H46N6O6/c1-33(2,3)38-25(40)16-35-32(45)37-26(22-14-19-9-4-5-10-20(19)15-22)31(44)39-17-21-11-12-23(21)27(39)30(43)36-24(28(41)29(34)42)13-18-7-6-8-18/h4-5,9-11,18,21-22,24-27,31,38,40,44H,6-8,13-17H2,1-3H3,(H2,34,42)(H,36,43)(H2,35,37,45)/p+1/t21-,24?,25?,26-,27-,31?/m0/s1. The van der Waals surface area contributed by atoms with E-state index in [1.54, 1.807) is 4.90 Å². The molecule has 45 heavy (non-hydrogen) atoms. The van der Waals surface area contributed by atoms with Crippen LogP contribution in [-0.4, -0.2) is 88.0 Å². The number of fused-ring (bicyclic) bond motifs is 2. The molecule has 0 spiro atoms. The summed E-state index contributed by atoms with van der Waals surface area (Å²) in [5, 5.41) is 32.5. The van der Waals surface area contributed by atoms with Gasteiger partial charge < -0.3 is 21.3 Å². The van der Waals surface area contributed by atoms with Gasteiger partial charge in [0.15, 0.2) is 6.23 Å². The largest absolute Gasteiger partial charge is 0.413 e. The fourth-order valence-corrected chi connectivity index (χ4v) is 7.00. The van der Waals surface area contributed by atoms with E-state index >= 15 is 0 Å². The number of ketones is 1. The van der Waals surface area contributed by atoms with Crippen molar-refractivity contribution in [3.8, 4) is 0 Å². The van der Waals surface area contributed by atoms with Crippen molar-refractivity contribution in [1.82, 2.24) is 20.9 Å². The lowest BCUT2D eigenvalue weighted by molar-refractivity contribution is -0.566. The lowest BCUT2D eigenvalue weighted by Crippen LogP contribution is -2.94. The molecule has 0 radical (unpaired) electrons. The summed E-state index contributed by atoms with van der Waals surface area (Å²) >= 11 is 0. The molecule has 1 aromatic rings. The summed E-state index contributed by atoms with van der Waals surface area (Å²) in [6.45, 7) is 6.16. The van der Waals surface area contributed by atoms with Gasteiger partial charge in [-0.25, -0.2) is 4.79 Å². The number of nitrogens with one attached hydrogen (secondary N) is 3. The van der Waals surface area contributed by atoms with Gasteiger partial charge in [0, 0.05) is 23.6 Å². The lowest BCUT2D eigenvalue weighted by Gasteiger charge is -2.37. The number of aliphatic hydroxyl groups is 2. The molecule has 4 aliphatic rings. The number of carbonyl (C=O) groups excluding carboxylic acids is 4. The zero-order valence-electron chi connectivity index (χ0n) is 26.3. The van der Waals surface area contributed by atoms with Gasteiger partial charge in [0.2, 0.25) is 11.7 Å². The summed E-state index contributed by atoms with van der Waals surface area (Å²) < 4.78 is 0. The Kier molecular flexibility index (Phi) is 9.93. The number of benzene rings is 1. The van der Waals surface area contributed by atoms with Crippen LogP contribution in [0.2, 0.25) is 0 Å². The van der Waals surface area contributed by atoms with Crippen molar-refractivity contribution in [3.05, 3.63) is 52.8 Å². The maximum atomic E-state index is 13.8. The first-order chi connectivity index (χ1) is 21.3. The Morgan fingerprint density at radius 2 is 1.76 bits per heavy atom. The molecule has 12 heteroatoms. The molecule has 2 fully saturated rings. The minimum atomic E-state index is -1.25. The van der Waals surface area contributed by atoms with Crippen LogP contribution in [0.3, 0.4) is 0 Å². The molecule has 9 N–H and O–H groups in total. The number of urea groups is 1. The van der Waals surface area contributed by atoms with Gasteiger partial charge in [0.05, 0.1) is 12.1 Å². The van der Waals surface area contributed by atoms with Crippen molar-refractivity contribution < 1.29 is 34.7 Å². The van der Waals surface area contributed by atoms with Crippen LogP contribution < -0.4 is 27.0 Å².